The lowest BCUT2D eigenvalue weighted by Gasteiger charge is -2.34. The minimum absolute atomic E-state index is 0.173. The Kier molecular flexibility index (Phi) is 6.78. The highest BCUT2D eigenvalue weighted by atomic mass is 32.2. The van der Waals surface area contributed by atoms with Crippen molar-refractivity contribution in [1.82, 2.24) is 15.2 Å². The van der Waals surface area contributed by atoms with Crippen molar-refractivity contribution in [2.75, 3.05) is 49.9 Å². The summed E-state index contributed by atoms with van der Waals surface area (Å²) < 4.78 is 25.9. The molecule has 0 saturated carbocycles. The summed E-state index contributed by atoms with van der Waals surface area (Å²) in [4.78, 5) is 21.7. The van der Waals surface area contributed by atoms with Gasteiger partial charge in [0.05, 0.1) is 15.1 Å². The molecule has 2 heterocycles. The summed E-state index contributed by atoms with van der Waals surface area (Å²) in [6.45, 7) is 8.89. The molecule has 1 saturated heterocycles. The number of anilines is 1. The number of amides is 1. The van der Waals surface area contributed by atoms with Gasteiger partial charge < -0.3 is 10.2 Å². The Hall–Kier alpha value is -2.49. The maximum Gasteiger partial charge on any atom is 0.235 e. The molecule has 0 unspecified atom stereocenters. The van der Waals surface area contributed by atoms with E-state index in [0.717, 1.165) is 36.8 Å². The maximum atomic E-state index is 12.3. The molecule has 32 heavy (non-hydrogen) atoms. The summed E-state index contributed by atoms with van der Waals surface area (Å²) in [7, 11) is -3.61. The first-order valence-electron chi connectivity index (χ1n) is 10.7. The Morgan fingerprint density at radius 1 is 1.09 bits per heavy atom. The molecule has 9 heteroatoms. The van der Waals surface area contributed by atoms with E-state index in [2.05, 4.69) is 41.1 Å². The van der Waals surface area contributed by atoms with Gasteiger partial charge in [0, 0.05) is 39.3 Å². The van der Waals surface area contributed by atoms with E-state index in [0.29, 0.717) is 13.1 Å². The number of rotatable bonds is 7. The van der Waals surface area contributed by atoms with Gasteiger partial charge in [-0.15, -0.1) is 0 Å². The predicted molar refractivity (Wildman–Crippen MR) is 129 cm³/mol. The number of benzene rings is 2. The van der Waals surface area contributed by atoms with Crippen molar-refractivity contribution < 1.29 is 13.2 Å². The van der Waals surface area contributed by atoms with Crippen LogP contribution in [0.1, 0.15) is 11.1 Å². The molecule has 1 fully saturated rings. The SMILES string of the molecule is Cc1cc(C)c2sc(N3CCN(CCNC(=O)CS(=O)(=O)c4ccccc4)CC3)nc2c1. The van der Waals surface area contributed by atoms with Crippen molar-refractivity contribution in [1.29, 1.82) is 0 Å². The minimum Gasteiger partial charge on any atom is -0.354 e. The summed E-state index contributed by atoms with van der Waals surface area (Å²) in [5, 5.41) is 3.81. The topological polar surface area (TPSA) is 82.6 Å². The smallest absolute Gasteiger partial charge is 0.235 e. The summed E-state index contributed by atoms with van der Waals surface area (Å²) in [5.41, 5.74) is 3.57. The van der Waals surface area contributed by atoms with E-state index in [-0.39, 0.29) is 4.90 Å². The molecular weight excluding hydrogens is 444 g/mol. The first-order valence-corrected chi connectivity index (χ1v) is 13.2. The van der Waals surface area contributed by atoms with Gasteiger partial charge in [-0.3, -0.25) is 9.69 Å². The third kappa shape index (κ3) is 5.28. The average molecular weight is 473 g/mol. The van der Waals surface area contributed by atoms with Crippen molar-refractivity contribution in [3.8, 4) is 0 Å². The van der Waals surface area contributed by atoms with Gasteiger partial charge in [-0.2, -0.15) is 0 Å². The molecular formula is C23H28N4O3S2. The molecule has 1 aromatic heterocycles. The van der Waals surface area contributed by atoms with E-state index in [1.807, 2.05) is 0 Å². The van der Waals surface area contributed by atoms with Gasteiger partial charge in [0.2, 0.25) is 5.91 Å². The second-order valence-corrected chi connectivity index (χ2v) is 11.1. The number of hydrogen-bond donors (Lipinski definition) is 1. The number of nitrogens with zero attached hydrogens (tertiary/aromatic N) is 3. The zero-order valence-electron chi connectivity index (χ0n) is 18.4. The van der Waals surface area contributed by atoms with E-state index < -0.39 is 21.5 Å². The van der Waals surface area contributed by atoms with Gasteiger partial charge in [-0.05, 0) is 43.2 Å². The summed E-state index contributed by atoms with van der Waals surface area (Å²) in [5.74, 6) is -0.992. The number of aromatic nitrogens is 1. The van der Waals surface area contributed by atoms with Crippen LogP contribution in [0.5, 0.6) is 0 Å². The van der Waals surface area contributed by atoms with Crippen LogP contribution in [0.15, 0.2) is 47.4 Å². The van der Waals surface area contributed by atoms with Crippen LogP contribution in [0.25, 0.3) is 10.2 Å². The van der Waals surface area contributed by atoms with E-state index in [1.54, 1.807) is 29.5 Å². The number of nitrogens with one attached hydrogen (secondary N) is 1. The molecule has 3 aromatic rings. The Labute approximate surface area is 193 Å². The van der Waals surface area contributed by atoms with Gasteiger partial charge in [0.1, 0.15) is 5.75 Å². The standard InChI is InChI=1S/C23H28N4O3S2/c1-17-14-18(2)22-20(15-17)25-23(31-22)27-12-10-26(11-13-27)9-8-24-21(28)16-32(29,30)19-6-4-3-5-7-19/h3-7,14-15H,8-13,16H2,1-2H3,(H,24,28). The third-order valence-electron chi connectivity index (χ3n) is 5.63. The quantitative estimate of drug-likeness (QED) is 0.569. The monoisotopic (exact) mass is 472 g/mol. The fraction of sp³-hybridized carbons (Fsp3) is 0.391. The van der Waals surface area contributed by atoms with Gasteiger partial charge in [0.25, 0.3) is 0 Å². The van der Waals surface area contributed by atoms with Crippen LogP contribution in [0.2, 0.25) is 0 Å². The summed E-state index contributed by atoms with van der Waals surface area (Å²) in [6.07, 6.45) is 0. The molecule has 0 atom stereocenters. The normalized spacial score (nSPS) is 15.2. The highest BCUT2D eigenvalue weighted by Gasteiger charge is 2.21. The molecule has 0 bridgehead atoms. The van der Waals surface area contributed by atoms with E-state index >= 15 is 0 Å². The van der Waals surface area contributed by atoms with Crippen molar-refractivity contribution in [3.63, 3.8) is 0 Å². The second-order valence-electron chi connectivity index (χ2n) is 8.18. The number of hydrogen-bond acceptors (Lipinski definition) is 7. The Bertz CT molecular complexity index is 1200. The molecule has 170 valence electrons. The summed E-state index contributed by atoms with van der Waals surface area (Å²) in [6, 6.07) is 12.4. The zero-order chi connectivity index (χ0) is 22.7. The molecule has 4 rings (SSSR count). The Morgan fingerprint density at radius 2 is 1.81 bits per heavy atom. The lowest BCUT2D eigenvalue weighted by molar-refractivity contribution is -0.118. The number of carbonyl (C=O) groups is 1. The molecule has 2 aromatic carbocycles. The van der Waals surface area contributed by atoms with Crippen LogP contribution in [0, 0.1) is 13.8 Å². The van der Waals surface area contributed by atoms with Crippen molar-refractivity contribution in [2.24, 2.45) is 0 Å². The van der Waals surface area contributed by atoms with Gasteiger partial charge in [-0.25, -0.2) is 13.4 Å². The molecule has 1 N–H and O–H groups in total. The number of carbonyl (C=O) groups excluding carboxylic acids is 1. The fourth-order valence-corrected chi connectivity index (χ4v) is 6.20. The molecule has 7 nitrogen and oxygen atoms in total. The van der Waals surface area contributed by atoms with Gasteiger partial charge in [0.15, 0.2) is 15.0 Å². The third-order valence-corrected chi connectivity index (χ3v) is 8.53. The summed E-state index contributed by atoms with van der Waals surface area (Å²) >= 11 is 1.75. The molecule has 0 aliphatic carbocycles. The van der Waals surface area contributed by atoms with Gasteiger partial charge in [-0.1, -0.05) is 35.6 Å². The zero-order valence-corrected chi connectivity index (χ0v) is 20.0. The lowest BCUT2D eigenvalue weighted by Crippen LogP contribution is -2.48. The van der Waals surface area contributed by atoms with Crippen LogP contribution in [-0.4, -0.2) is 69.2 Å². The van der Waals surface area contributed by atoms with E-state index in [9.17, 15) is 13.2 Å². The van der Waals surface area contributed by atoms with Crippen molar-refractivity contribution in [2.45, 2.75) is 18.7 Å². The van der Waals surface area contributed by atoms with Crippen LogP contribution in [0.3, 0.4) is 0 Å². The van der Waals surface area contributed by atoms with Crippen LogP contribution in [0.4, 0.5) is 5.13 Å². The highest BCUT2D eigenvalue weighted by molar-refractivity contribution is 7.92. The number of piperazine rings is 1. The van der Waals surface area contributed by atoms with Crippen molar-refractivity contribution in [3.05, 3.63) is 53.6 Å². The number of fused-ring (bicyclic) bond motifs is 1. The van der Waals surface area contributed by atoms with Crippen LogP contribution in [-0.2, 0) is 14.6 Å². The minimum atomic E-state index is -3.61. The van der Waals surface area contributed by atoms with E-state index in [4.69, 9.17) is 4.98 Å². The largest absolute Gasteiger partial charge is 0.354 e. The highest BCUT2D eigenvalue weighted by Crippen LogP contribution is 2.32. The number of aryl methyl sites for hydroxylation is 2. The first-order chi connectivity index (χ1) is 15.3. The Morgan fingerprint density at radius 3 is 2.53 bits per heavy atom. The molecule has 0 spiro atoms. The maximum absolute atomic E-state index is 12.3. The number of sulfone groups is 1. The second kappa shape index (κ2) is 9.56. The van der Waals surface area contributed by atoms with Gasteiger partial charge >= 0.3 is 0 Å². The Balaban J connectivity index is 1.23. The molecule has 1 amide bonds. The van der Waals surface area contributed by atoms with Crippen LogP contribution < -0.4 is 10.2 Å². The average Bonchev–Trinajstić information content (AvgIpc) is 3.19. The van der Waals surface area contributed by atoms with E-state index in [1.165, 1.54) is 28.0 Å². The first kappa shape index (κ1) is 22.7. The molecule has 1 aliphatic heterocycles. The van der Waals surface area contributed by atoms with Crippen LogP contribution >= 0.6 is 11.3 Å². The lowest BCUT2D eigenvalue weighted by atomic mass is 10.1. The number of thiazole rings is 1. The molecule has 1 aliphatic rings. The fourth-order valence-electron chi connectivity index (χ4n) is 3.95. The van der Waals surface area contributed by atoms with Crippen molar-refractivity contribution >= 4 is 42.4 Å². The predicted octanol–water partition coefficient (Wildman–Crippen LogP) is 2.63. The molecule has 0 radical (unpaired) electrons.